The van der Waals surface area contributed by atoms with E-state index in [-0.39, 0.29) is 30.6 Å². The molecule has 2 aromatic carbocycles. The Bertz CT molecular complexity index is 1120. The van der Waals surface area contributed by atoms with E-state index in [1.165, 1.54) is 12.0 Å². The number of rotatable bonds is 8. The molecule has 4 rings (SSSR count). The van der Waals surface area contributed by atoms with Gasteiger partial charge in [-0.3, -0.25) is 9.59 Å². The number of likely N-dealkylation sites (tertiary alicyclic amines) is 1. The molecule has 2 aliphatic rings. The topological polar surface area (TPSA) is 85.3 Å². The van der Waals surface area contributed by atoms with E-state index in [1.807, 2.05) is 19.1 Å². The summed E-state index contributed by atoms with van der Waals surface area (Å²) in [4.78, 5) is 27.5. The maximum Gasteiger partial charge on any atom is 0.295 e. The Kier molecular flexibility index (Phi) is 6.51. The third-order valence-corrected chi connectivity index (χ3v) is 5.79. The molecule has 0 unspecified atom stereocenters. The van der Waals surface area contributed by atoms with E-state index >= 15 is 0 Å². The maximum atomic E-state index is 13.1. The number of benzene rings is 2. The van der Waals surface area contributed by atoms with Crippen molar-refractivity contribution in [2.75, 3.05) is 26.9 Å². The van der Waals surface area contributed by atoms with Crippen LogP contribution in [0.25, 0.3) is 5.76 Å². The monoisotopic (exact) mass is 449 g/mol. The molecule has 172 valence electrons. The van der Waals surface area contributed by atoms with Crippen molar-refractivity contribution in [1.29, 1.82) is 0 Å². The maximum absolute atomic E-state index is 13.1. The highest BCUT2D eigenvalue weighted by Crippen LogP contribution is 2.41. The summed E-state index contributed by atoms with van der Waals surface area (Å²) >= 11 is 0. The first-order valence-electron chi connectivity index (χ1n) is 10.9. The smallest absolute Gasteiger partial charge is 0.295 e. The van der Waals surface area contributed by atoms with E-state index in [0.29, 0.717) is 29.9 Å². The number of Topliss-reactive ketones (excluding diaryl/α,β-unsaturated/α-hetero) is 1. The van der Waals surface area contributed by atoms with Crippen LogP contribution in [0.15, 0.2) is 60.7 Å². The van der Waals surface area contributed by atoms with Crippen molar-refractivity contribution in [3.63, 3.8) is 0 Å². The lowest BCUT2D eigenvalue weighted by atomic mass is 9.94. The third kappa shape index (κ3) is 4.36. The number of fused-ring (bicyclic) bond motifs is 1. The second-order valence-electron chi connectivity index (χ2n) is 8.11. The first-order chi connectivity index (χ1) is 15.9. The highest BCUT2D eigenvalue weighted by Gasteiger charge is 2.46. The molecule has 1 amide bonds. The van der Waals surface area contributed by atoms with Crippen LogP contribution in [0.2, 0.25) is 0 Å². The molecule has 2 heterocycles. The lowest BCUT2D eigenvalue weighted by Crippen LogP contribution is -2.32. The van der Waals surface area contributed by atoms with Crippen LogP contribution in [-0.4, -0.2) is 54.7 Å². The summed E-state index contributed by atoms with van der Waals surface area (Å²) in [7, 11) is 1.53. The molecule has 0 radical (unpaired) electrons. The summed E-state index contributed by atoms with van der Waals surface area (Å²) in [6.45, 7) is 6.41. The quantitative estimate of drug-likeness (QED) is 0.287. The molecule has 0 bridgehead atoms. The van der Waals surface area contributed by atoms with Crippen molar-refractivity contribution >= 4 is 17.4 Å². The summed E-state index contributed by atoms with van der Waals surface area (Å²) in [6, 6.07) is 11.7. The standard InChI is InChI=1S/C26H27NO6/c1-4-11-32-20-7-5-6-17(15-20)23-22(25(29)26(30)27(23)10-12-31-3)24(28)18-8-9-21-19(14-18)13-16(2)33-21/h4-9,14-16,23,28H,1,10-13H2,2-3H3/b24-22+/t16-,23+/m0/s1. The van der Waals surface area contributed by atoms with Crippen molar-refractivity contribution in [1.82, 2.24) is 4.90 Å². The molecule has 0 aliphatic carbocycles. The minimum Gasteiger partial charge on any atom is -0.507 e. The van der Waals surface area contributed by atoms with Gasteiger partial charge >= 0.3 is 0 Å². The molecule has 0 saturated carbocycles. The Hall–Kier alpha value is -3.58. The Morgan fingerprint density at radius 1 is 1.27 bits per heavy atom. The van der Waals surface area contributed by atoms with Crippen molar-refractivity contribution in [3.8, 4) is 11.5 Å². The Labute approximate surface area is 192 Å². The van der Waals surface area contributed by atoms with Crippen molar-refractivity contribution in [2.24, 2.45) is 0 Å². The van der Waals surface area contributed by atoms with Gasteiger partial charge in [0.2, 0.25) is 0 Å². The fourth-order valence-electron chi connectivity index (χ4n) is 4.30. The van der Waals surface area contributed by atoms with E-state index in [9.17, 15) is 14.7 Å². The number of ether oxygens (including phenoxy) is 3. The average Bonchev–Trinajstić information content (AvgIpc) is 3.31. The zero-order valence-corrected chi connectivity index (χ0v) is 18.7. The lowest BCUT2D eigenvalue weighted by molar-refractivity contribution is -0.140. The van der Waals surface area contributed by atoms with Crippen molar-refractivity contribution in [3.05, 3.63) is 77.4 Å². The number of nitrogens with zero attached hydrogens (tertiary/aromatic N) is 1. The lowest BCUT2D eigenvalue weighted by Gasteiger charge is -2.25. The highest BCUT2D eigenvalue weighted by atomic mass is 16.5. The highest BCUT2D eigenvalue weighted by molar-refractivity contribution is 6.46. The summed E-state index contributed by atoms with van der Waals surface area (Å²) in [6.07, 6.45) is 2.40. The fraction of sp³-hybridized carbons (Fsp3) is 0.308. The fourth-order valence-corrected chi connectivity index (χ4v) is 4.30. The minimum absolute atomic E-state index is 0.0453. The molecule has 1 saturated heterocycles. The van der Waals surface area contributed by atoms with Crippen LogP contribution in [-0.2, 0) is 20.7 Å². The predicted octanol–water partition coefficient (Wildman–Crippen LogP) is 3.64. The molecular formula is C26H27NO6. The third-order valence-electron chi connectivity index (χ3n) is 5.79. The van der Waals surface area contributed by atoms with Crippen LogP contribution < -0.4 is 9.47 Å². The van der Waals surface area contributed by atoms with Crippen LogP contribution in [0.1, 0.15) is 29.7 Å². The molecule has 2 aromatic rings. The molecule has 2 atom stereocenters. The van der Waals surface area contributed by atoms with Gasteiger partial charge in [-0.2, -0.15) is 0 Å². The molecule has 0 aromatic heterocycles. The number of methoxy groups -OCH3 is 1. The van der Waals surface area contributed by atoms with E-state index in [1.54, 1.807) is 36.4 Å². The normalized spacial score (nSPS) is 21.1. The molecule has 33 heavy (non-hydrogen) atoms. The Balaban J connectivity index is 1.81. The van der Waals surface area contributed by atoms with E-state index in [2.05, 4.69) is 6.58 Å². The largest absolute Gasteiger partial charge is 0.507 e. The summed E-state index contributed by atoms with van der Waals surface area (Å²) in [5.41, 5.74) is 2.13. The molecule has 7 heteroatoms. The number of aliphatic hydroxyl groups excluding tert-OH is 1. The van der Waals surface area contributed by atoms with Gasteiger partial charge in [-0.25, -0.2) is 0 Å². The first-order valence-corrected chi connectivity index (χ1v) is 10.9. The van der Waals surface area contributed by atoms with Crippen LogP contribution in [0, 0.1) is 0 Å². The molecular weight excluding hydrogens is 422 g/mol. The number of hydrogen-bond acceptors (Lipinski definition) is 6. The van der Waals surface area contributed by atoms with Crippen LogP contribution in [0.4, 0.5) is 0 Å². The Morgan fingerprint density at radius 3 is 2.85 bits per heavy atom. The van der Waals surface area contributed by atoms with Gasteiger partial charge in [0.05, 0.1) is 18.2 Å². The van der Waals surface area contributed by atoms with Crippen LogP contribution in [0.5, 0.6) is 11.5 Å². The second-order valence-corrected chi connectivity index (χ2v) is 8.11. The minimum atomic E-state index is -0.768. The number of aliphatic hydroxyl groups is 1. The zero-order valence-electron chi connectivity index (χ0n) is 18.7. The summed E-state index contributed by atoms with van der Waals surface area (Å²) < 4.78 is 16.5. The second kappa shape index (κ2) is 9.50. The average molecular weight is 450 g/mol. The SMILES string of the molecule is C=CCOc1cccc([C@@H]2/C(=C(\O)c3ccc4c(c3)C[C@H](C)O4)C(=O)C(=O)N2CCOC)c1. The number of hydrogen-bond donors (Lipinski definition) is 1. The predicted molar refractivity (Wildman–Crippen MR) is 123 cm³/mol. The van der Waals surface area contributed by atoms with E-state index < -0.39 is 17.7 Å². The summed E-state index contributed by atoms with van der Waals surface area (Å²) in [5, 5.41) is 11.3. The number of ketones is 1. The van der Waals surface area contributed by atoms with Gasteiger partial charge in [0, 0.05) is 25.6 Å². The van der Waals surface area contributed by atoms with E-state index in [4.69, 9.17) is 14.2 Å². The molecule has 7 nitrogen and oxygen atoms in total. The molecule has 1 fully saturated rings. The van der Waals surface area contributed by atoms with Gasteiger partial charge in [0.25, 0.3) is 11.7 Å². The van der Waals surface area contributed by atoms with Gasteiger partial charge in [-0.15, -0.1) is 0 Å². The van der Waals surface area contributed by atoms with Gasteiger partial charge in [0.15, 0.2) is 0 Å². The van der Waals surface area contributed by atoms with Gasteiger partial charge < -0.3 is 24.2 Å². The number of carbonyl (C=O) groups excluding carboxylic acids is 2. The first kappa shape index (κ1) is 22.6. The number of carbonyl (C=O) groups is 2. The van der Waals surface area contributed by atoms with Gasteiger partial charge in [-0.1, -0.05) is 24.8 Å². The Morgan fingerprint density at radius 2 is 2.09 bits per heavy atom. The van der Waals surface area contributed by atoms with Crippen molar-refractivity contribution in [2.45, 2.75) is 25.5 Å². The van der Waals surface area contributed by atoms with E-state index in [0.717, 1.165) is 11.3 Å². The van der Waals surface area contributed by atoms with Gasteiger partial charge in [0.1, 0.15) is 30.0 Å². The zero-order chi connectivity index (χ0) is 23.5. The number of amides is 1. The molecule has 1 N–H and O–H groups in total. The van der Waals surface area contributed by atoms with Crippen LogP contribution >= 0.6 is 0 Å². The molecule has 2 aliphatic heterocycles. The molecule has 0 spiro atoms. The van der Waals surface area contributed by atoms with Crippen molar-refractivity contribution < 1.29 is 28.9 Å². The summed E-state index contributed by atoms with van der Waals surface area (Å²) in [5.74, 6) is -0.264. The van der Waals surface area contributed by atoms with Gasteiger partial charge in [-0.05, 0) is 48.4 Å². The van der Waals surface area contributed by atoms with Crippen LogP contribution in [0.3, 0.4) is 0 Å².